The first-order chi connectivity index (χ1) is 10.4. The van der Waals surface area contributed by atoms with Gasteiger partial charge >= 0.3 is 0 Å². The lowest BCUT2D eigenvalue weighted by molar-refractivity contribution is 0.742. The number of rotatable bonds is 5. The zero-order chi connectivity index (χ0) is 14.4. The highest BCUT2D eigenvalue weighted by molar-refractivity contribution is 7.83. The molecule has 1 fully saturated rings. The maximum absolute atomic E-state index is 2.40. The molecule has 0 saturated carbocycles. The summed E-state index contributed by atoms with van der Waals surface area (Å²) in [7, 11) is -0.880. The standard InChI is InChI=1S/C20H26P/c1-4-11-19(12-5-1)13-10-18-21(16-8-3-9-17-21)20-14-6-2-7-15-20/h1-2,4-7,11-12,14-15H,3,8-10,13,16-18H2/q+1. The van der Waals surface area contributed by atoms with Crippen molar-refractivity contribution < 1.29 is 0 Å². The van der Waals surface area contributed by atoms with Gasteiger partial charge in [0.25, 0.3) is 0 Å². The molecule has 0 aromatic heterocycles. The van der Waals surface area contributed by atoms with Crippen LogP contribution in [0.1, 0.15) is 31.2 Å². The van der Waals surface area contributed by atoms with E-state index in [1.54, 1.807) is 5.30 Å². The van der Waals surface area contributed by atoms with Crippen molar-refractivity contribution in [2.45, 2.75) is 32.1 Å². The minimum Gasteiger partial charge on any atom is -0.0622 e. The van der Waals surface area contributed by atoms with Crippen LogP contribution in [0, 0.1) is 0 Å². The van der Waals surface area contributed by atoms with Gasteiger partial charge in [0.1, 0.15) is 0 Å². The van der Waals surface area contributed by atoms with Crippen molar-refractivity contribution in [2.75, 3.05) is 18.5 Å². The third-order valence-corrected chi connectivity index (χ3v) is 9.78. The summed E-state index contributed by atoms with van der Waals surface area (Å²) in [4.78, 5) is 0. The van der Waals surface area contributed by atoms with Crippen LogP contribution in [0.5, 0.6) is 0 Å². The molecule has 2 aromatic rings. The van der Waals surface area contributed by atoms with Crippen molar-refractivity contribution in [1.82, 2.24) is 0 Å². The van der Waals surface area contributed by atoms with Crippen LogP contribution in [-0.2, 0) is 6.42 Å². The smallest absolute Gasteiger partial charge is 0.0622 e. The van der Waals surface area contributed by atoms with Crippen LogP contribution in [0.25, 0.3) is 0 Å². The Morgan fingerprint density at radius 3 is 2.00 bits per heavy atom. The Bertz CT molecular complexity index is 526. The predicted molar refractivity (Wildman–Crippen MR) is 96.2 cm³/mol. The van der Waals surface area contributed by atoms with E-state index in [0.29, 0.717) is 0 Å². The van der Waals surface area contributed by atoms with Crippen LogP contribution in [0.3, 0.4) is 0 Å². The van der Waals surface area contributed by atoms with E-state index in [1.807, 2.05) is 0 Å². The summed E-state index contributed by atoms with van der Waals surface area (Å²) in [5.41, 5.74) is 1.50. The van der Waals surface area contributed by atoms with Gasteiger partial charge in [0.2, 0.25) is 0 Å². The van der Waals surface area contributed by atoms with Crippen molar-refractivity contribution >= 4 is 12.6 Å². The highest BCUT2D eigenvalue weighted by Gasteiger charge is 2.40. The second-order valence-corrected chi connectivity index (χ2v) is 10.4. The topological polar surface area (TPSA) is 0 Å². The van der Waals surface area contributed by atoms with Crippen LogP contribution < -0.4 is 5.30 Å². The monoisotopic (exact) mass is 297 g/mol. The second-order valence-electron chi connectivity index (χ2n) is 6.30. The summed E-state index contributed by atoms with van der Waals surface area (Å²) in [6.45, 7) is 0. The third-order valence-electron chi connectivity index (χ3n) is 4.87. The molecule has 0 aliphatic carbocycles. The highest BCUT2D eigenvalue weighted by atomic mass is 31.2. The van der Waals surface area contributed by atoms with Crippen LogP contribution in [0.2, 0.25) is 0 Å². The van der Waals surface area contributed by atoms with Crippen molar-refractivity contribution in [2.24, 2.45) is 0 Å². The Morgan fingerprint density at radius 1 is 0.714 bits per heavy atom. The van der Waals surface area contributed by atoms with Gasteiger partial charge in [0, 0.05) is 7.26 Å². The van der Waals surface area contributed by atoms with Gasteiger partial charge in [-0.3, -0.25) is 0 Å². The lowest BCUT2D eigenvalue weighted by Gasteiger charge is -2.31. The zero-order valence-corrected chi connectivity index (χ0v) is 13.8. The van der Waals surface area contributed by atoms with E-state index >= 15 is 0 Å². The Kier molecular flexibility index (Phi) is 5.09. The van der Waals surface area contributed by atoms with Crippen LogP contribution in [-0.4, -0.2) is 18.5 Å². The van der Waals surface area contributed by atoms with Crippen molar-refractivity contribution in [3.8, 4) is 0 Å². The molecule has 3 rings (SSSR count). The van der Waals surface area contributed by atoms with Gasteiger partial charge in [-0.05, 0) is 49.8 Å². The minimum absolute atomic E-state index is 0.880. The van der Waals surface area contributed by atoms with Crippen molar-refractivity contribution in [1.29, 1.82) is 0 Å². The molecule has 1 heterocycles. The summed E-state index contributed by atoms with van der Waals surface area (Å²) in [5.74, 6) is 0. The first kappa shape index (κ1) is 14.8. The van der Waals surface area contributed by atoms with E-state index in [-0.39, 0.29) is 0 Å². The maximum Gasteiger partial charge on any atom is 0.0939 e. The molecule has 0 amide bonds. The Morgan fingerprint density at radius 2 is 1.33 bits per heavy atom. The molecule has 2 aromatic carbocycles. The molecule has 1 aliphatic rings. The molecule has 0 nitrogen and oxygen atoms in total. The summed E-state index contributed by atoms with van der Waals surface area (Å²) in [6.07, 6.45) is 11.4. The Hall–Kier alpha value is -1.13. The molecular formula is C20H26P+. The zero-order valence-electron chi connectivity index (χ0n) is 12.9. The summed E-state index contributed by atoms with van der Waals surface area (Å²) >= 11 is 0. The Labute approximate surface area is 129 Å². The highest BCUT2D eigenvalue weighted by Crippen LogP contribution is 2.61. The molecule has 1 heteroatoms. The average molecular weight is 297 g/mol. The van der Waals surface area contributed by atoms with Crippen LogP contribution >= 0.6 is 7.26 Å². The first-order valence-electron chi connectivity index (χ1n) is 8.35. The van der Waals surface area contributed by atoms with Gasteiger partial charge in [0.05, 0.1) is 23.8 Å². The van der Waals surface area contributed by atoms with Gasteiger partial charge in [-0.2, -0.15) is 0 Å². The lowest BCUT2D eigenvalue weighted by Crippen LogP contribution is -2.23. The van der Waals surface area contributed by atoms with Gasteiger partial charge < -0.3 is 0 Å². The number of hydrogen-bond donors (Lipinski definition) is 0. The number of hydrogen-bond acceptors (Lipinski definition) is 0. The van der Waals surface area contributed by atoms with Crippen molar-refractivity contribution in [3.05, 3.63) is 66.2 Å². The fraction of sp³-hybridized carbons (Fsp3) is 0.400. The number of benzene rings is 2. The van der Waals surface area contributed by atoms with Gasteiger partial charge in [-0.1, -0.05) is 48.5 Å². The van der Waals surface area contributed by atoms with E-state index < -0.39 is 7.26 Å². The summed E-state index contributed by atoms with van der Waals surface area (Å²) in [6, 6.07) is 22.4. The summed E-state index contributed by atoms with van der Waals surface area (Å²) in [5, 5.41) is 1.69. The molecule has 0 atom stereocenters. The van der Waals surface area contributed by atoms with E-state index in [1.165, 1.54) is 56.2 Å². The van der Waals surface area contributed by atoms with Crippen LogP contribution in [0.4, 0.5) is 0 Å². The van der Waals surface area contributed by atoms with Gasteiger partial charge in [0.15, 0.2) is 0 Å². The molecule has 0 unspecified atom stereocenters. The van der Waals surface area contributed by atoms with E-state index in [4.69, 9.17) is 0 Å². The van der Waals surface area contributed by atoms with Crippen LogP contribution in [0.15, 0.2) is 60.7 Å². The average Bonchev–Trinajstić information content (AvgIpc) is 2.58. The Balaban J connectivity index is 1.68. The predicted octanol–water partition coefficient (Wildman–Crippen LogP) is 5.15. The first-order valence-corrected chi connectivity index (χ1v) is 10.7. The normalized spacial score (nSPS) is 17.5. The van der Waals surface area contributed by atoms with E-state index in [2.05, 4.69) is 60.7 Å². The molecule has 0 spiro atoms. The van der Waals surface area contributed by atoms with E-state index in [0.717, 1.165) is 0 Å². The SMILES string of the molecule is c1ccc(CCC[P+]2(c3ccccc3)CCCCC2)cc1. The quantitative estimate of drug-likeness (QED) is 0.670. The minimum atomic E-state index is -0.880. The maximum atomic E-state index is 2.40. The van der Waals surface area contributed by atoms with Gasteiger partial charge in [-0.25, -0.2) is 0 Å². The van der Waals surface area contributed by atoms with Crippen molar-refractivity contribution in [3.63, 3.8) is 0 Å². The molecule has 110 valence electrons. The van der Waals surface area contributed by atoms with Gasteiger partial charge in [-0.15, -0.1) is 0 Å². The largest absolute Gasteiger partial charge is 0.0939 e. The molecule has 0 radical (unpaired) electrons. The molecule has 1 saturated heterocycles. The molecule has 0 bridgehead atoms. The molecule has 1 aliphatic heterocycles. The third kappa shape index (κ3) is 3.74. The fourth-order valence-electron chi connectivity index (χ4n) is 3.70. The number of aryl methyl sites for hydroxylation is 1. The summed E-state index contributed by atoms with van der Waals surface area (Å²) < 4.78 is 0. The lowest BCUT2D eigenvalue weighted by atomic mass is 10.1. The molecule has 21 heavy (non-hydrogen) atoms. The molecular weight excluding hydrogens is 271 g/mol. The molecule has 0 N–H and O–H groups in total. The fourth-order valence-corrected chi connectivity index (χ4v) is 8.37. The second kappa shape index (κ2) is 7.23. The van der Waals surface area contributed by atoms with E-state index in [9.17, 15) is 0 Å².